The topological polar surface area (TPSA) is 62.2 Å². The number of hydrogen-bond donors (Lipinski definition) is 2. The smallest absolute Gasteiger partial charge is 0.339 e. The van der Waals surface area contributed by atoms with E-state index in [0.29, 0.717) is 0 Å². The van der Waals surface area contributed by atoms with Crippen molar-refractivity contribution in [2.45, 2.75) is 6.43 Å². The van der Waals surface area contributed by atoms with Crippen molar-refractivity contribution in [3.8, 4) is 0 Å². The molecule has 4 nitrogen and oxygen atoms in total. The van der Waals surface area contributed by atoms with E-state index in [1.807, 2.05) is 0 Å². The lowest BCUT2D eigenvalue weighted by Crippen LogP contribution is -2.14. The Morgan fingerprint density at radius 1 is 1.60 bits per heavy atom. The van der Waals surface area contributed by atoms with Crippen molar-refractivity contribution in [1.29, 1.82) is 0 Å². The lowest BCUT2D eigenvalue weighted by atomic mass is 10.2. The fourth-order valence-corrected chi connectivity index (χ4v) is 1.06. The lowest BCUT2D eigenvalue weighted by molar-refractivity contribution is 0.0697. The van der Waals surface area contributed by atoms with E-state index in [4.69, 9.17) is 16.7 Å². The molecular formula is C8H7ClF2N2O2. The maximum absolute atomic E-state index is 11.9. The van der Waals surface area contributed by atoms with E-state index in [-0.39, 0.29) is 16.5 Å². The first kappa shape index (κ1) is 11.6. The number of carboxylic acid groups (broad SMARTS) is 1. The molecule has 0 amide bonds. The van der Waals surface area contributed by atoms with Crippen molar-refractivity contribution in [3.05, 3.63) is 22.8 Å². The minimum atomic E-state index is -2.59. The first-order valence-corrected chi connectivity index (χ1v) is 4.30. The van der Waals surface area contributed by atoms with Gasteiger partial charge >= 0.3 is 5.97 Å². The number of nitrogens with one attached hydrogen (secondary N) is 1. The fraction of sp³-hybridized carbons (Fsp3) is 0.250. The first-order chi connectivity index (χ1) is 7.00. The van der Waals surface area contributed by atoms with Gasteiger partial charge in [0, 0.05) is 0 Å². The van der Waals surface area contributed by atoms with Gasteiger partial charge < -0.3 is 10.4 Å². The maximum Gasteiger partial charge on any atom is 0.339 e. The molecule has 0 atom stereocenters. The Bertz CT molecular complexity index is 374. The number of anilines is 1. The van der Waals surface area contributed by atoms with Crippen molar-refractivity contribution in [1.82, 2.24) is 4.98 Å². The van der Waals surface area contributed by atoms with Crippen LogP contribution in [0.5, 0.6) is 0 Å². The van der Waals surface area contributed by atoms with Crippen molar-refractivity contribution in [2.75, 3.05) is 11.9 Å². The van der Waals surface area contributed by atoms with Crippen LogP contribution in [-0.2, 0) is 0 Å². The van der Waals surface area contributed by atoms with Crippen LogP contribution in [-0.4, -0.2) is 29.0 Å². The molecule has 2 N–H and O–H groups in total. The molecule has 0 unspecified atom stereocenters. The third-order valence-electron chi connectivity index (χ3n) is 1.52. The van der Waals surface area contributed by atoms with E-state index in [1.54, 1.807) is 0 Å². The highest BCUT2D eigenvalue weighted by atomic mass is 35.5. The highest BCUT2D eigenvalue weighted by molar-refractivity contribution is 6.29. The van der Waals surface area contributed by atoms with Crippen LogP contribution in [0.3, 0.4) is 0 Å². The van der Waals surface area contributed by atoms with Gasteiger partial charge in [0.2, 0.25) is 0 Å². The standard InChI is InChI=1S/C8H7ClF2N2O2/c9-5-2-1-4(8(14)15)7(13-5)12-3-6(10)11/h1-2,6H,3H2,(H,12,13)(H,14,15). The average Bonchev–Trinajstić information content (AvgIpc) is 2.14. The zero-order chi connectivity index (χ0) is 11.4. The predicted molar refractivity (Wildman–Crippen MR) is 50.7 cm³/mol. The van der Waals surface area contributed by atoms with Gasteiger partial charge in [-0.25, -0.2) is 18.6 Å². The molecule has 0 aliphatic rings. The van der Waals surface area contributed by atoms with E-state index >= 15 is 0 Å². The Morgan fingerprint density at radius 2 is 2.27 bits per heavy atom. The van der Waals surface area contributed by atoms with Crippen molar-refractivity contribution in [3.63, 3.8) is 0 Å². The SMILES string of the molecule is O=C(O)c1ccc(Cl)nc1NCC(F)F. The van der Waals surface area contributed by atoms with Crippen molar-refractivity contribution in [2.24, 2.45) is 0 Å². The molecule has 0 saturated carbocycles. The van der Waals surface area contributed by atoms with E-state index < -0.39 is 18.9 Å². The van der Waals surface area contributed by atoms with Crippen LogP contribution in [0, 0.1) is 0 Å². The summed E-state index contributed by atoms with van der Waals surface area (Å²) in [6.07, 6.45) is -2.59. The Labute approximate surface area is 88.9 Å². The lowest BCUT2D eigenvalue weighted by Gasteiger charge is -2.07. The summed E-state index contributed by atoms with van der Waals surface area (Å²) in [5.74, 6) is -1.41. The number of alkyl halides is 2. The van der Waals surface area contributed by atoms with Gasteiger partial charge in [-0.3, -0.25) is 0 Å². The van der Waals surface area contributed by atoms with Crippen molar-refractivity contribution < 1.29 is 18.7 Å². The van der Waals surface area contributed by atoms with E-state index in [0.717, 1.165) is 0 Å². The summed E-state index contributed by atoms with van der Waals surface area (Å²) in [6.45, 7) is -0.673. The van der Waals surface area contributed by atoms with Gasteiger partial charge in [0.15, 0.2) is 0 Å². The second-order valence-corrected chi connectivity index (χ2v) is 2.99. The van der Waals surface area contributed by atoms with Crippen LogP contribution < -0.4 is 5.32 Å². The molecule has 0 aromatic carbocycles. The van der Waals surface area contributed by atoms with Gasteiger partial charge in [-0.1, -0.05) is 11.6 Å². The summed E-state index contributed by atoms with van der Waals surface area (Å²) in [5, 5.41) is 11.0. The quantitative estimate of drug-likeness (QED) is 0.786. The second-order valence-electron chi connectivity index (χ2n) is 2.61. The normalized spacial score (nSPS) is 10.4. The number of pyridine rings is 1. The number of aromatic nitrogens is 1. The Hall–Kier alpha value is -1.43. The summed E-state index contributed by atoms with van der Waals surface area (Å²) < 4.78 is 23.8. The van der Waals surface area contributed by atoms with Gasteiger partial charge in [-0.15, -0.1) is 0 Å². The van der Waals surface area contributed by atoms with Gasteiger partial charge in [-0.05, 0) is 12.1 Å². The molecule has 1 aromatic heterocycles. The molecule has 0 aliphatic carbocycles. The number of nitrogens with zero attached hydrogens (tertiary/aromatic N) is 1. The summed E-state index contributed by atoms with van der Waals surface area (Å²) in [7, 11) is 0. The van der Waals surface area contributed by atoms with Crippen LogP contribution in [0.2, 0.25) is 5.15 Å². The molecule has 15 heavy (non-hydrogen) atoms. The summed E-state index contributed by atoms with van der Waals surface area (Å²) in [6, 6.07) is 2.48. The third kappa shape index (κ3) is 3.32. The molecule has 0 fully saturated rings. The summed E-state index contributed by atoms with van der Waals surface area (Å²) in [4.78, 5) is 14.3. The number of aromatic carboxylic acids is 1. The first-order valence-electron chi connectivity index (χ1n) is 3.92. The van der Waals surface area contributed by atoms with Crippen LogP contribution in [0.25, 0.3) is 0 Å². The minimum absolute atomic E-state index is 0.0387. The van der Waals surface area contributed by atoms with E-state index in [2.05, 4.69) is 10.3 Å². The van der Waals surface area contributed by atoms with Crippen LogP contribution in [0.4, 0.5) is 14.6 Å². The molecule has 1 rings (SSSR count). The van der Waals surface area contributed by atoms with Crippen LogP contribution >= 0.6 is 11.6 Å². The molecule has 0 spiro atoms. The Morgan fingerprint density at radius 3 is 2.80 bits per heavy atom. The minimum Gasteiger partial charge on any atom is -0.478 e. The number of carbonyl (C=O) groups is 1. The Balaban J connectivity index is 2.92. The third-order valence-corrected chi connectivity index (χ3v) is 1.73. The molecule has 82 valence electrons. The molecule has 0 radical (unpaired) electrons. The molecule has 0 saturated heterocycles. The molecule has 1 aromatic rings. The van der Waals surface area contributed by atoms with Gasteiger partial charge in [0.25, 0.3) is 6.43 Å². The van der Waals surface area contributed by atoms with Gasteiger partial charge in [0.1, 0.15) is 16.5 Å². The summed E-state index contributed by atoms with van der Waals surface area (Å²) in [5.41, 5.74) is -0.194. The number of halogens is 3. The average molecular weight is 237 g/mol. The van der Waals surface area contributed by atoms with E-state index in [1.165, 1.54) is 12.1 Å². The predicted octanol–water partition coefficient (Wildman–Crippen LogP) is 2.11. The van der Waals surface area contributed by atoms with Crippen LogP contribution in [0.1, 0.15) is 10.4 Å². The fourth-order valence-electron chi connectivity index (χ4n) is 0.916. The molecule has 7 heteroatoms. The maximum atomic E-state index is 11.9. The largest absolute Gasteiger partial charge is 0.478 e. The molecule has 0 bridgehead atoms. The molecular weight excluding hydrogens is 230 g/mol. The second kappa shape index (κ2) is 4.88. The zero-order valence-corrected chi connectivity index (χ0v) is 8.13. The Kier molecular flexibility index (Phi) is 3.79. The monoisotopic (exact) mass is 236 g/mol. The van der Waals surface area contributed by atoms with Gasteiger partial charge in [-0.2, -0.15) is 0 Å². The zero-order valence-electron chi connectivity index (χ0n) is 7.38. The summed E-state index contributed by atoms with van der Waals surface area (Å²) >= 11 is 5.51. The number of hydrogen-bond acceptors (Lipinski definition) is 3. The van der Waals surface area contributed by atoms with Gasteiger partial charge in [0.05, 0.1) is 6.54 Å². The number of rotatable bonds is 4. The molecule has 1 heterocycles. The highest BCUT2D eigenvalue weighted by Gasteiger charge is 2.13. The van der Waals surface area contributed by atoms with Crippen LogP contribution in [0.15, 0.2) is 12.1 Å². The molecule has 0 aliphatic heterocycles. The number of carboxylic acids is 1. The highest BCUT2D eigenvalue weighted by Crippen LogP contribution is 2.16. The van der Waals surface area contributed by atoms with E-state index in [9.17, 15) is 13.6 Å². The van der Waals surface area contributed by atoms with Crippen molar-refractivity contribution >= 4 is 23.4 Å².